The van der Waals surface area contributed by atoms with Crippen molar-refractivity contribution in [1.29, 1.82) is 0 Å². The predicted molar refractivity (Wildman–Crippen MR) is 81.1 cm³/mol. The largest absolute Gasteiger partial charge is 0.495 e. The van der Waals surface area contributed by atoms with E-state index in [0.29, 0.717) is 17.2 Å². The molecule has 0 fully saturated rings. The topological polar surface area (TPSA) is 55.5 Å². The van der Waals surface area contributed by atoms with Crippen molar-refractivity contribution in [3.63, 3.8) is 0 Å². The van der Waals surface area contributed by atoms with Crippen LogP contribution in [-0.4, -0.2) is 18.3 Å². The fraction of sp³-hybridized carbons (Fsp3) is 0.250. The van der Waals surface area contributed by atoms with Crippen molar-refractivity contribution in [2.24, 2.45) is 5.73 Å². The van der Waals surface area contributed by atoms with Gasteiger partial charge in [0, 0.05) is 6.42 Å². The highest BCUT2D eigenvalue weighted by molar-refractivity contribution is 6.32. The normalized spacial score (nSPS) is 13.8. The highest BCUT2D eigenvalue weighted by Gasteiger charge is 2.18. The Morgan fingerprint density at radius 3 is 2.55 bits per heavy atom. The van der Waals surface area contributed by atoms with Gasteiger partial charge in [-0.3, -0.25) is 0 Å². The molecule has 0 unspecified atom stereocenters. The third-order valence-electron chi connectivity index (χ3n) is 3.26. The molecule has 0 radical (unpaired) electrons. The van der Waals surface area contributed by atoms with E-state index in [1.807, 2.05) is 36.4 Å². The zero-order valence-electron chi connectivity index (χ0n) is 11.3. The van der Waals surface area contributed by atoms with Crippen molar-refractivity contribution in [3.05, 3.63) is 64.7 Å². The molecule has 0 aliphatic carbocycles. The molecule has 0 saturated heterocycles. The minimum Gasteiger partial charge on any atom is -0.495 e. The second kappa shape index (κ2) is 6.75. The first-order valence-electron chi connectivity index (χ1n) is 6.43. The molecule has 0 aromatic heterocycles. The van der Waals surface area contributed by atoms with Crippen LogP contribution < -0.4 is 10.5 Å². The fourth-order valence-electron chi connectivity index (χ4n) is 2.09. The van der Waals surface area contributed by atoms with E-state index < -0.39 is 12.1 Å². The van der Waals surface area contributed by atoms with Crippen molar-refractivity contribution < 1.29 is 9.84 Å². The lowest BCUT2D eigenvalue weighted by atomic mass is 9.97. The van der Waals surface area contributed by atoms with Gasteiger partial charge in [0.25, 0.3) is 0 Å². The molecule has 2 atom stereocenters. The van der Waals surface area contributed by atoms with Crippen LogP contribution in [0.1, 0.15) is 17.2 Å². The Morgan fingerprint density at radius 1 is 1.20 bits per heavy atom. The molecular formula is C16H18ClNO2. The molecule has 2 rings (SSSR count). The number of methoxy groups -OCH3 is 1. The van der Waals surface area contributed by atoms with Crippen molar-refractivity contribution in [1.82, 2.24) is 0 Å². The smallest absolute Gasteiger partial charge is 0.137 e. The fourth-order valence-corrected chi connectivity index (χ4v) is 2.28. The van der Waals surface area contributed by atoms with E-state index in [2.05, 4.69) is 0 Å². The zero-order valence-corrected chi connectivity index (χ0v) is 12.0. The summed E-state index contributed by atoms with van der Waals surface area (Å²) in [5.41, 5.74) is 7.96. The summed E-state index contributed by atoms with van der Waals surface area (Å²) in [5.74, 6) is 0.562. The molecule has 0 amide bonds. The SMILES string of the molecule is COc1cc([C@H](N)[C@H](O)Cc2ccccc2)ccc1Cl. The third kappa shape index (κ3) is 3.51. The minimum atomic E-state index is -0.664. The van der Waals surface area contributed by atoms with Crippen LogP contribution in [0.3, 0.4) is 0 Å². The van der Waals surface area contributed by atoms with Crippen molar-refractivity contribution >= 4 is 11.6 Å². The Labute approximate surface area is 123 Å². The van der Waals surface area contributed by atoms with Gasteiger partial charge in [0.05, 0.1) is 24.3 Å². The van der Waals surface area contributed by atoms with E-state index >= 15 is 0 Å². The summed E-state index contributed by atoms with van der Waals surface area (Å²) in [6.07, 6.45) is -0.157. The molecule has 3 N–H and O–H groups in total. The second-order valence-electron chi connectivity index (χ2n) is 4.68. The number of rotatable bonds is 5. The van der Waals surface area contributed by atoms with Crippen molar-refractivity contribution in [3.8, 4) is 5.75 Å². The maximum atomic E-state index is 10.3. The predicted octanol–water partition coefficient (Wildman–Crippen LogP) is 2.95. The standard InChI is InChI=1S/C16H18ClNO2/c1-20-15-10-12(7-8-13(15)17)16(18)14(19)9-11-5-3-2-4-6-11/h2-8,10,14,16,19H,9,18H2,1H3/t14-,16+/m1/s1. The van der Waals surface area contributed by atoms with Gasteiger partial charge in [0.1, 0.15) is 5.75 Å². The van der Waals surface area contributed by atoms with Gasteiger partial charge in [0.2, 0.25) is 0 Å². The Bertz CT molecular complexity index is 560. The molecule has 0 spiro atoms. The van der Waals surface area contributed by atoms with Gasteiger partial charge in [-0.15, -0.1) is 0 Å². The van der Waals surface area contributed by atoms with E-state index in [1.54, 1.807) is 19.2 Å². The van der Waals surface area contributed by atoms with Crippen LogP contribution in [0.5, 0.6) is 5.75 Å². The number of aliphatic hydroxyl groups excluding tert-OH is 1. The molecule has 4 heteroatoms. The summed E-state index contributed by atoms with van der Waals surface area (Å²) in [4.78, 5) is 0. The number of ether oxygens (including phenoxy) is 1. The average Bonchev–Trinajstić information content (AvgIpc) is 2.48. The highest BCUT2D eigenvalue weighted by atomic mass is 35.5. The molecule has 0 saturated carbocycles. The first-order chi connectivity index (χ1) is 9.61. The quantitative estimate of drug-likeness (QED) is 0.890. The van der Waals surface area contributed by atoms with Crippen LogP contribution >= 0.6 is 11.6 Å². The number of benzene rings is 2. The zero-order chi connectivity index (χ0) is 14.5. The van der Waals surface area contributed by atoms with Gasteiger partial charge in [0.15, 0.2) is 0 Å². The van der Waals surface area contributed by atoms with Gasteiger partial charge in [-0.05, 0) is 23.3 Å². The van der Waals surface area contributed by atoms with Gasteiger partial charge in [-0.1, -0.05) is 48.0 Å². The van der Waals surface area contributed by atoms with E-state index in [-0.39, 0.29) is 0 Å². The van der Waals surface area contributed by atoms with Crippen molar-refractivity contribution in [2.45, 2.75) is 18.6 Å². The van der Waals surface area contributed by atoms with Gasteiger partial charge in [-0.25, -0.2) is 0 Å². The average molecular weight is 292 g/mol. The second-order valence-corrected chi connectivity index (χ2v) is 5.08. The number of hydrogen-bond donors (Lipinski definition) is 2. The maximum absolute atomic E-state index is 10.3. The van der Waals surface area contributed by atoms with E-state index in [4.69, 9.17) is 22.1 Å². The third-order valence-corrected chi connectivity index (χ3v) is 3.57. The lowest BCUT2D eigenvalue weighted by Crippen LogP contribution is -2.28. The van der Waals surface area contributed by atoms with Crippen molar-refractivity contribution in [2.75, 3.05) is 7.11 Å². The molecule has 0 aliphatic rings. The molecule has 0 aliphatic heterocycles. The summed E-state index contributed by atoms with van der Waals surface area (Å²) >= 11 is 5.98. The van der Waals surface area contributed by atoms with Crippen LogP contribution in [0.25, 0.3) is 0 Å². The van der Waals surface area contributed by atoms with Gasteiger partial charge < -0.3 is 15.6 Å². The first-order valence-corrected chi connectivity index (χ1v) is 6.80. The summed E-state index contributed by atoms with van der Waals surface area (Å²) < 4.78 is 5.16. The molecule has 2 aromatic carbocycles. The monoisotopic (exact) mass is 291 g/mol. The number of halogens is 1. The molecule has 2 aromatic rings. The Kier molecular flexibility index (Phi) is 5.01. The maximum Gasteiger partial charge on any atom is 0.137 e. The van der Waals surface area contributed by atoms with Crippen LogP contribution in [0.4, 0.5) is 0 Å². The minimum absolute atomic E-state index is 0.485. The Balaban J connectivity index is 2.12. The molecule has 0 heterocycles. The van der Waals surface area contributed by atoms with Gasteiger partial charge >= 0.3 is 0 Å². The Hall–Kier alpha value is -1.55. The summed E-state index contributed by atoms with van der Waals surface area (Å²) in [7, 11) is 1.55. The lowest BCUT2D eigenvalue weighted by Gasteiger charge is -2.20. The molecule has 106 valence electrons. The number of hydrogen-bond acceptors (Lipinski definition) is 3. The highest BCUT2D eigenvalue weighted by Crippen LogP contribution is 2.28. The van der Waals surface area contributed by atoms with E-state index in [9.17, 15) is 5.11 Å². The van der Waals surface area contributed by atoms with E-state index in [1.165, 1.54) is 0 Å². The summed E-state index contributed by atoms with van der Waals surface area (Å²) in [6.45, 7) is 0. The molecule has 20 heavy (non-hydrogen) atoms. The first kappa shape index (κ1) is 14.9. The number of nitrogens with two attached hydrogens (primary N) is 1. The molecular weight excluding hydrogens is 274 g/mol. The van der Waals surface area contributed by atoms with Crippen LogP contribution in [0.2, 0.25) is 5.02 Å². The Morgan fingerprint density at radius 2 is 1.90 bits per heavy atom. The van der Waals surface area contributed by atoms with Gasteiger partial charge in [-0.2, -0.15) is 0 Å². The van der Waals surface area contributed by atoms with E-state index in [0.717, 1.165) is 11.1 Å². The molecule has 3 nitrogen and oxygen atoms in total. The van der Waals surface area contributed by atoms with Crippen LogP contribution in [0.15, 0.2) is 48.5 Å². The lowest BCUT2D eigenvalue weighted by molar-refractivity contribution is 0.145. The molecule has 0 bridgehead atoms. The summed E-state index contributed by atoms with van der Waals surface area (Å²) in [5, 5.41) is 10.8. The summed E-state index contributed by atoms with van der Waals surface area (Å²) in [6, 6.07) is 14.6. The van der Waals surface area contributed by atoms with Crippen LogP contribution in [-0.2, 0) is 6.42 Å². The number of aliphatic hydroxyl groups is 1. The van der Waals surface area contributed by atoms with Crippen LogP contribution in [0, 0.1) is 0 Å².